The molecule has 10 heteroatoms. The lowest BCUT2D eigenvalue weighted by Crippen LogP contribution is -2.47. The van der Waals surface area contributed by atoms with Crippen LogP contribution in [-0.4, -0.2) is 65.3 Å². The second-order valence-corrected chi connectivity index (χ2v) is 11.7. The first-order valence-electron chi connectivity index (χ1n) is 9.70. The molecule has 1 aliphatic heterocycles. The number of aromatic nitrogens is 2. The SMILES string of the molecule is CCCCNc1nnc(SCC(=O)N(C2CCCC2)C2CCS(=O)(=O)C2)s1. The van der Waals surface area contributed by atoms with Crippen molar-refractivity contribution in [1.29, 1.82) is 0 Å². The minimum atomic E-state index is -3.01. The Morgan fingerprint density at radius 1 is 1.26 bits per heavy atom. The van der Waals surface area contributed by atoms with Crippen LogP contribution in [0.15, 0.2) is 4.34 Å². The Balaban J connectivity index is 1.58. The highest BCUT2D eigenvalue weighted by Gasteiger charge is 2.38. The second-order valence-electron chi connectivity index (χ2n) is 7.24. The topological polar surface area (TPSA) is 92.3 Å². The molecule has 1 saturated carbocycles. The smallest absolute Gasteiger partial charge is 0.233 e. The number of carbonyl (C=O) groups is 1. The van der Waals surface area contributed by atoms with E-state index in [1.807, 2.05) is 4.90 Å². The predicted octanol–water partition coefficient (Wildman–Crippen LogP) is 2.80. The molecule has 1 saturated heterocycles. The van der Waals surface area contributed by atoms with E-state index in [0.717, 1.165) is 54.5 Å². The van der Waals surface area contributed by atoms with Crippen molar-refractivity contribution < 1.29 is 13.2 Å². The summed E-state index contributed by atoms with van der Waals surface area (Å²) in [7, 11) is -3.01. The number of nitrogens with zero attached hydrogens (tertiary/aromatic N) is 3. The molecule has 1 unspecified atom stereocenters. The van der Waals surface area contributed by atoms with Crippen molar-refractivity contribution in [2.24, 2.45) is 0 Å². The zero-order valence-electron chi connectivity index (χ0n) is 15.7. The molecule has 1 aliphatic carbocycles. The molecular formula is C17H28N4O3S3. The third-order valence-corrected chi connectivity index (χ3v) is 8.89. The van der Waals surface area contributed by atoms with Gasteiger partial charge in [0.25, 0.3) is 0 Å². The van der Waals surface area contributed by atoms with Crippen LogP contribution >= 0.6 is 23.1 Å². The minimum Gasteiger partial charge on any atom is -0.360 e. The van der Waals surface area contributed by atoms with Gasteiger partial charge in [-0.05, 0) is 25.7 Å². The Labute approximate surface area is 169 Å². The van der Waals surface area contributed by atoms with Crippen LogP contribution in [0, 0.1) is 0 Å². The van der Waals surface area contributed by atoms with E-state index in [-0.39, 0.29) is 35.2 Å². The number of nitrogens with one attached hydrogen (secondary N) is 1. The molecule has 1 atom stereocenters. The van der Waals surface area contributed by atoms with E-state index in [1.54, 1.807) is 0 Å². The van der Waals surface area contributed by atoms with E-state index in [4.69, 9.17) is 0 Å². The van der Waals surface area contributed by atoms with E-state index in [9.17, 15) is 13.2 Å². The molecule has 1 aromatic rings. The first-order valence-corrected chi connectivity index (χ1v) is 13.3. The maximum Gasteiger partial charge on any atom is 0.233 e. The molecule has 0 spiro atoms. The number of amides is 1. The van der Waals surface area contributed by atoms with Crippen molar-refractivity contribution >= 4 is 44.0 Å². The number of hydrogen-bond donors (Lipinski definition) is 1. The average molecular weight is 433 g/mol. The summed E-state index contributed by atoms with van der Waals surface area (Å²) in [4.78, 5) is 14.9. The normalized spacial score (nSPS) is 22.2. The molecule has 1 N–H and O–H groups in total. The first kappa shape index (κ1) is 20.9. The fourth-order valence-corrected chi connectivity index (χ4v) is 7.15. The Hall–Kier alpha value is -0.870. The quantitative estimate of drug-likeness (QED) is 0.474. The highest BCUT2D eigenvalue weighted by atomic mass is 32.2. The van der Waals surface area contributed by atoms with Gasteiger partial charge >= 0.3 is 0 Å². The molecule has 1 amide bonds. The number of hydrogen-bond acceptors (Lipinski definition) is 8. The standard InChI is InChI=1S/C17H28N4O3S3/c1-2-3-9-18-16-19-20-17(26-16)25-11-15(22)21(13-6-4-5-7-13)14-8-10-27(23,24)12-14/h13-14H,2-12H2,1H3,(H,18,19). The van der Waals surface area contributed by atoms with Gasteiger partial charge < -0.3 is 10.2 Å². The Bertz CT molecular complexity index is 732. The molecule has 3 rings (SSSR count). The van der Waals surface area contributed by atoms with Crippen LogP contribution < -0.4 is 5.32 Å². The summed E-state index contributed by atoms with van der Waals surface area (Å²) in [5, 5.41) is 12.3. The highest BCUT2D eigenvalue weighted by molar-refractivity contribution is 8.01. The maximum absolute atomic E-state index is 13.0. The van der Waals surface area contributed by atoms with Crippen LogP contribution in [0.5, 0.6) is 0 Å². The molecular weight excluding hydrogens is 404 g/mol. The second kappa shape index (κ2) is 9.56. The lowest BCUT2D eigenvalue weighted by atomic mass is 10.1. The third kappa shape index (κ3) is 5.80. The molecule has 7 nitrogen and oxygen atoms in total. The van der Waals surface area contributed by atoms with Crippen molar-refractivity contribution in [1.82, 2.24) is 15.1 Å². The third-order valence-electron chi connectivity index (χ3n) is 5.14. The van der Waals surface area contributed by atoms with Gasteiger partial charge in [0.1, 0.15) is 0 Å². The molecule has 2 heterocycles. The Morgan fingerprint density at radius 2 is 2.04 bits per heavy atom. The molecule has 0 aromatic carbocycles. The van der Waals surface area contributed by atoms with Crippen molar-refractivity contribution in [2.45, 2.75) is 68.3 Å². The van der Waals surface area contributed by atoms with Gasteiger partial charge in [-0.25, -0.2) is 8.42 Å². The molecule has 1 aromatic heterocycles. The van der Waals surface area contributed by atoms with Gasteiger partial charge in [-0.2, -0.15) is 0 Å². The lowest BCUT2D eigenvalue weighted by molar-refractivity contribution is -0.132. The molecule has 2 fully saturated rings. The first-order chi connectivity index (χ1) is 13.0. The lowest BCUT2D eigenvalue weighted by Gasteiger charge is -2.34. The van der Waals surface area contributed by atoms with Crippen molar-refractivity contribution in [3.8, 4) is 0 Å². The maximum atomic E-state index is 13.0. The fraction of sp³-hybridized carbons (Fsp3) is 0.824. The Morgan fingerprint density at radius 3 is 2.70 bits per heavy atom. The number of sulfone groups is 1. The Kier molecular flexibility index (Phi) is 7.38. The van der Waals surface area contributed by atoms with Crippen molar-refractivity contribution in [2.75, 3.05) is 29.1 Å². The van der Waals surface area contributed by atoms with Crippen LogP contribution in [0.3, 0.4) is 0 Å². The van der Waals surface area contributed by atoms with Gasteiger partial charge in [0.2, 0.25) is 11.0 Å². The molecule has 27 heavy (non-hydrogen) atoms. The average Bonchev–Trinajstić information content (AvgIpc) is 3.36. The van der Waals surface area contributed by atoms with Crippen LogP contribution in [-0.2, 0) is 14.6 Å². The molecule has 0 bridgehead atoms. The number of thioether (sulfide) groups is 1. The highest BCUT2D eigenvalue weighted by Crippen LogP contribution is 2.31. The zero-order chi connectivity index (χ0) is 19.3. The van der Waals surface area contributed by atoms with Crippen LogP contribution in [0.4, 0.5) is 5.13 Å². The van der Waals surface area contributed by atoms with Gasteiger partial charge in [0.05, 0.1) is 17.3 Å². The largest absolute Gasteiger partial charge is 0.360 e. The number of unbranched alkanes of at least 4 members (excludes halogenated alkanes) is 1. The van der Waals surface area contributed by atoms with Gasteiger partial charge in [-0.3, -0.25) is 4.79 Å². The van der Waals surface area contributed by atoms with Crippen LogP contribution in [0.2, 0.25) is 0 Å². The summed E-state index contributed by atoms with van der Waals surface area (Å²) in [5.74, 6) is 0.635. The summed E-state index contributed by atoms with van der Waals surface area (Å²) in [6.45, 7) is 3.01. The number of rotatable bonds is 9. The van der Waals surface area contributed by atoms with Crippen molar-refractivity contribution in [3.05, 3.63) is 0 Å². The van der Waals surface area contributed by atoms with Crippen LogP contribution in [0.1, 0.15) is 51.9 Å². The molecule has 2 aliphatic rings. The van der Waals surface area contributed by atoms with E-state index in [2.05, 4.69) is 22.4 Å². The van der Waals surface area contributed by atoms with Crippen molar-refractivity contribution in [3.63, 3.8) is 0 Å². The summed E-state index contributed by atoms with van der Waals surface area (Å²) < 4.78 is 24.6. The van der Waals surface area contributed by atoms with E-state index >= 15 is 0 Å². The zero-order valence-corrected chi connectivity index (χ0v) is 18.2. The summed E-state index contributed by atoms with van der Waals surface area (Å²) >= 11 is 2.86. The van der Waals surface area contributed by atoms with E-state index in [1.165, 1.54) is 23.1 Å². The van der Waals surface area contributed by atoms with Gasteiger partial charge in [-0.15, -0.1) is 10.2 Å². The van der Waals surface area contributed by atoms with Gasteiger partial charge in [0.15, 0.2) is 14.2 Å². The number of anilines is 1. The molecule has 152 valence electrons. The van der Waals surface area contributed by atoms with E-state index < -0.39 is 9.84 Å². The van der Waals surface area contributed by atoms with E-state index in [0.29, 0.717) is 6.42 Å². The molecule has 0 radical (unpaired) electrons. The summed E-state index contributed by atoms with van der Waals surface area (Å²) in [5.41, 5.74) is 0. The minimum absolute atomic E-state index is 0.0321. The summed E-state index contributed by atoms with van der Waals surface area (Å²) in [6.07, 6.45) is 6.97. The predicted molar refractivity (Wildman–Crippen MR) is 110 cm³/mol. The van der Waals surface area contributed by atoms with Gasteiger partial charge in [0, 0.05) is 18.6 Å². The van der Waals surface area contributed by atoms with Gasteiger partial charge in [-0.1, -0.05) is 49.3 Å². The van der Waals surface area contributed by atoms with Crippen LogP contribution in [0.25, 0.3) is 0 Å². The monoisotopic (exact) mass is 432 g/mol. The summed E-state index contributed by atoms with van der Waals surface area (Å²) in [6, 6.07) is 0.0315. The number of carbonyl (C=O) groups excluding carboxylic acids is 1. The fourth-order valence-electron chi connectivity index (χ4n) is 3.79.